The van der Waals surface area contributed by atoms with E-state index in [2.05, 4.69) is 10.3 Å². The number of amides is 1. The van der Waals surface area contributed by atoms with Gasteiger partial charge in [-0.3, -0.25) is 10.1 Å². The molecule has 0 bridgehead atoms. The summed E-state index contributed by atoms with van der Waals surface area (Å²) < 4.78 is 4.93. The Labute approximate surface area is 102 Å². The lowest BCUT2D eigenvalue weighted by atomic mass is 10.2. The zero-order chi connectivity index (χ0) is 12.3. The predicted molar refractivity (Wildman–Crippen MR) is 64.7 cm³/mol. The second kappa shape index (κ2) is 4.84. The number of para-hydroxylation sites is 1. The third-order valence-corrected chi connectivity index (χ3v) is 2.80. The van der Waals surface area contributed by atoms with Crippen molar-refractivity contribution in [1.29, 1.82) is 0 Å². The molecule has 0 atom stereocenters. The standard InChI is InChI=1S/C11H10N2O3S/c1-16-8-4-2-3-7(9(8)14)10(15)13-11-12-5-6-17-11/h2-6,14H,1H3,(H,12,13,15). The number of hydrogen-bond acceptors (Lipinski definition) is 5. The molecule has 0 aliphatic carbocycles. The summed E-state index contributed by atoms with van der Waals surface area (Å²) in [5.74, 6) is -0.336. The highest BCUT2D eigenvalue weighted by Crippen LogP contribution is 2.29. The van der Waals surface area contributed by atoms with E-state index in [0.717, 1.165) is 0 Å². The Bertz CT molecular complexity index is 526. The first kappa shape index (κ1) is 11.4. The van der Waals surface area contributed by atoms with Crippen LogP contribution in [0.25, 0.3) is 0 Å². The third kappa shape index (κ3) is 2.36. The van der Waals surface area contributed by atoms with E-state index in [9.17, 15) is 9.90 Å². The average Bonchev–Trinajstić information content (AvgIpc) is 2.82. The van der Waals surface area contributed by atoms with Crippen molar-refractivity contribution in [3.05, 3.63) is 35.3 Å². The number of anilines is 1. The SMILES string of the molecule is COc1cccc(C(=O)Nc2nccs2)c1O. The Kier molecular flexibility index (Phi) is 3.24. The number of benzene rings is 1. The number of phenols is 1. The van der Waals surface area contributed by atoms with E-state index in [1.54, 1.807) is 23.7 Å². The summed E-state index contributed by atoms with van der Waals surface area (Å²) in [6.45, 7) is 0. The zero-order valence-electron chi connectivity index (χ0n) is 9.01. The fourth-order valence-corrected chi connectivity index (χ4v) is 1.84. The van der Waals surface area contributed by atoms with E-state index in [4.69, 9.17) is 4.74 Å². The van der Waals surface area contributed by atoms with Crippen LogP contribution in [-0.2, 0) is 0 Å². The molecule has 2 N–H and O–H groups in total. The maximum absolute atomic E-state index is 11.8. The quantitative estimate of drug-likeness (QED) is 0.875. The van der Waals surface area contributed by atoms with Gasteiger partial charge in [-0.1, -0.05) is 6.07 Å². The molecular formula is C11H10N2O3S. The molecule has 17 heavy (non-hydrogen) atoms. The Balaban J connectivity index is 2.25. The lowest BCUT2D eigenvalue weighted by Crippen LogP contribution is -2.12. The number of thiazole rings is 1. The number of hydrogen-bond donors (Lipinski definition) is 2. The van der Waals surface area contributed by atoms with Crippen molar-refractivity contribution in [3.8, 4) is 11.5 Å². The number of rotatable bonds is 3. The first-order chi connectivity index (χ1) is 8.22. The van der Waals surface area contributed by atoms with Gasteiger partial charge in [0, 0.05) is 11.6 Å². The molecule has 1 aromatic carbocycles. The summed E-state index contributed by atoms with van der Waals surface area (Å²) in [7, 11) is 1.43. The Morgan fingerprint density at radius 2 is 2.35 bits per heavy atom. The fourth-order valence-electron chi connectivity index (χ4n) is 1.32. The van der Waals surface area contributed by atoms with Crippen LogP contribution in [0.3, 0.4) is 0 Å². The number of phenolic OH excluding ortho intramolecular Hbond substituents is 1. The van der Waals surface area contributed by atoms with Gasteiger partial charge in [0.25, 0.3) is 5.91 Å². The molecule has 0 fully saturated rings. The molecule has 0 spiro atoms. The molecule has 0 unspecified atom stereocenters. The molecule has 2 rings (SSSR count). The number of nitrogens with one attached hydrogen (secondary N) is 1. The third-order valence-electron chi connectivity index (χ3n) is 2.12. The number of carbonyl (C=O) groups excluding carboxylic acids is 1. The molecule has 0 saturated carbocycles. The van der Waals surface area contributed by atoms with Gasteiger partial charge in [-0.25, -0.2) is 4.98 Å². The van der Waals surface area contributed by atoms with Crippen LogP contribution in [0.1, 0.15) is 10.4 Å². The molecule has 6 heteroatoms. The molecule has 0 aliphatic rings. The summed E-state index contributed by atoms with van der Waals surface area (Å²) >= 11 is 1.31. The Hall–Kier alpha value is -2.08. The highest BCUT2D eigenvalue weighted by molar-refractivity contribution is 7.13. The van der Waals surface area contributed by atoms with Crippen molar-refractivity contribution in [2.75, 3.05) is 12.4 Å². The number of ether oxygens (including phenoxy) is 1. The smallest absolute Gasteiger partial charge is 0.261 e. The molecule has 0 aliphatic heterocycles. The van der Waals surface area contributed by atoms with Crippen LogP contribution in [0.4, 0.5) is 5.13 Å². The predicted octanol–water partition coefficient (Wildman–Crippen LogP) is 2.11. The van der Waals surface area contributed by atoms with Crippen LogP contribution >= 0.6 is 11.3 Å². The Morgan fingerprint density at radius 1 is 1.53 bits per heavy atom. The number of aromatic nitrogens is 1. The van der Waals surface area contributed by atoms with E-state index < -0.39 is 5.91 Å². The van der Waals surface area contributed by atoms with Crippen molar-refractivity contribution in [3.63, 3.8) is 0 Å². The van der Waals surface area contributed by atoms with Crippen LogP contribution in [0.2, 0.25) is 0 Å². The number of carbonyl (C=O) groups is 1. The van der Waals surface area contributed by atoms with Gasteiger partial charge >= 0.3 is 0 Å². The first-order valence-electron chi connectivity index (χ1n) is 4.79. The highest BCUT2D eigenvalue weighted by Gasteiger charge is 2.15. The summed E-state index contributed by atoms with van der Waals surface area (Å²) in [5.41, 5.74) is 0.152. The summed E-state index contributed by atoms with van der Waals surface area (Å²) in [5, 5.41) is 14.6. The minimum Gasteiger partial charge on any atom is -0.504 e. The maximum Gasteiger partial charge on any atom is 0.261 e. The molecule has 5 nitrogen and oxygen atoms in total. The van der Waals surface area contributed by atoms with Gasteiger partial charge in [0.1, 0.15) is 0 Å². The highest BCUT2D eigenvalue weighted by atomic mass is 32.1. The van der Waals surface area contributed by atoms with E-state index in [1.165, 1.54) is 24.5 Å². The number of nitrogens with zero attached hydrogens (tertiary/aromatic N) is 1. The van der Waals surface area contributed by atoms with E-state index >= 15 is 0 Å². The number of methoxy groups -OCH3 is 1. The van der Waals surface area contributed by atoms with Gasteiger partial charge in [-0.2, -0.15) is 0 Å². The first-order valence-corrected chi connectivity index (χ1v) is 5.67. The molecule has 0 saturated heterocycles. The fraction of sp³-hybridized carbons (Fsp3) is 0.0909. The molecular weight excluding hydrogens is 240 g/mol. The van der Waals surface area contributed by atoms with Gasteiger partial charge < -0.3 is 9.84 Å². The van der Waals surface area contributed by atoms with E-state index in [0.29, 0.717) is 5.13 Å². The van der Waals surface area contributed by atoms with E-state index in [1.807, 2.05) is 0 Å². The van der Waals surface area contributed by atoms with Crippen LogP contribution in [0.5, 0.6) is 11.5 Å². The second-order valence-electron chi connectivity index (χ2n) is 3.15. The minimum atomic E-state index is -0.420. The van der Waals surface area contributed by atoms with Gasteiger partial charge in [-0.05, 0) is 12.1 Å². The lowest BCUT2D eigenvalue weighted by molar-refractivity contribution is 0.102. The van der Waals surface area contributed by atoms with Crippen molar-refractivity contribution >= 4 is 22.4 Å². The Morgan fingerprint density at radius 3 is 3.00 bits per heavy atom. The van der Waals surface area contributed by atoms with Crippen molar-refractivity contribution in [1.82, 2.24) is 4.98 Å². The van der Waals surface area contributed by atoms with Gasteiger partial charge in [-0.15, -0.1) is 11.3 Å². The summed E-state index contributed by atoms with van der Waals surface area (Å²) in [6.07, 6.45) is 1.59. The summed E-state index contributed by atoms with van der Waals surface area (Å²) in [6, 6.07) is 4.73. The summed E-state index contributed by atoms with van der Waals surface area (Å²) in [4.78, 5) is 15.8. The largest absolute Gasteiger partial charge is 0.504 e. The van der Waals surface area contributed by atoms with Crippen LogP contribution in [0.15, 0.2) is 29.8 Å². The van der Waals surface area contributed by atoms with Crippen molar-refractivity contribution in [2.24, 2.45) is 0 Å². The lowest BCUT2D eigenvalue weighted by Gasteiger charge is -2.07. The van der Waals surface area contributed by atoms with Gasteiger partial charge in [0.05, 0.1) is 12.7 Å². The number of aromatic hydroxyl groups is 1. The monoisotopic (exact) mass is 250 g/mol. The minimum absolute atomic E-state index is 0.152. The molecule has 0 radical (unpaired) electrons. The topological polar surface area (TPSA) is 71.5 Å². The molecule has 1 amide bonds. The molecule has 1 heterocycles. The van der Waals surface area contributed by atoms with Crippen molar-refractivity contribution in [2.45, 2.75) is 0 Å². The van der Waals surface area contributed by atoms with Gasteiger partial charge in [0.15, 0.2) is 16.6 Å². The molecule has 2 aromatic rings. The zero-order valence-corrected chi connectivity index (χ0v) is 9.82. The molecule has 88 valence electrons. The van der Waals surface area contributed by atoms with Crippen LogP contribution < -0.4 is 10.1 Å². The van der Waals surface area contributed by atoms with Crippen LogP contribution in [0, 0.1) is 0 Å². The average molecular weight is 250 g/mol. The van der Waals surface area contributed by atoms with Gasteiger partial charge in [0.2, 0.25) is 0 Å². The maximum atomic E-state index is 11.8. The van der Waals surface area contributed by atoms with Crippen LogP contribution in [-0.4, -0.2) is 23.1 Å². The van der Waals surface area contributed by atoms with E-state index in [-0.39, 0.29) is 17.1 Å². The van der Waals surface area contributed by atoms with Crippen molar-refractivity contribution < 1.29 is 14.6 Å². The normalized spacial score (nSPS) is 9.94. The molecule has 1 aromatic heterocycles. The second-order valence-corrected chi connectivity index (χ2v) is 4.04.